The molecule has 0 radical (unpaired) electrons. The molecule has 0 amide bonds. The van der Waals surface area contributed by atoms with Crippen molar-refractivity contribution in [1.82, 2.24) is 0 Å². The Morgan fingerprint density at radius 3 is 2.29 bits per heavy atom. The van der Waals surface area contributed by atoms with Crippen LogP contribution in [-0.4, -0.2) is 12.6 Å². The van der Waals surface area contributed by atoms with Crippen LogP contribution < -0.4 is 10.5 Å². The lowest BCUT2D eigenvalue weighted by molar-refractivity contribution is 0.305. The number of unbranched alkanes of at least 4 members (excludes halogenated alkanes) is 3. The maximum atomic E-state index is 5.87. The molecular formula is C19H33NO. The number of nitrogens with two attached hydrogens (primary N) is 1. The molecule has 1 aromatic rings. The molecule has 0 aliphatic carbocycles. The maximum absolute atomic E-state index is 5.87. The van der Waals surface area contributed by atoms with Crippen LogP contribution in [0.2, 0.25) is 0 Å². The van der Waals surface area contributed by atoms with Crippen molar-refractivity contribution >= 4 is 0 Å². The molecule has 0 aromatic heterocycles. The standard InChI is InChI=1S/C19H33NO/c1-4-6-7-8-15-21-19-13-11-18(12-14-19)17(5-2)10-9-16(3)20/h11-14,16-17H,4-10,15,20H2,1-3H3. The van der Waals surface area contributed by atoms with E-state index in [4.69, 9.17) is 10.5 Å². The minimum atomic E-state index is 0.296. The molecule has 21 heavy (non-hydrogen) atoms. The number of hydrogen-bond donors (Lipinski definition) is 1. The molecular weight excluding hydrogens is 258 g/mol. The molecule has 2 heteroatoms. The highest BCUT2D eigenvalue weighted by molar-refractivity contribution is 5.29. The molecule has 1 rings (SSSR count). The smallest absolute Gasteiger partial charge is 0.119 e. The Balaban J connectivity index is 2.40. The molecule has 2 nitrogen and oxygen atoms in total. The maximum Gasteiger partial charge on any atom is 0.119 e. The van der Waals surface area contributed by atoms with Gasteiger partial charge in [-0.3, -0.25) is 0 Å². The number of benzene rings is 1. The van der Waals surface area contributed by atoms with Crippen molar-refractivity contribution < 1.29 is 4.74 Å². The van der Waals surface area contributed by atoms with Crippen molar-refractivity contribution in [2.75, 3.05) is 6.61 Å². The van der Waals surface area contributed by atoms with Crippen LogP contribution in [0.3, 0.4) is 0 Å². The zero-order valence-electron chi connectivity index (χ0n) is 14.1. The Kier molecular flexibility index (Phi) is 9.16. The van der Waals surface area contributed by atoms with E-state index in [9.17, 15) is 0 Å². The molecule has 0 fully saturated rings. The molecule has 1 aromatic carbocycles. The van der Waals surface area contributed by atoms with Gasteiger partial charge in [0.2, 0.25) is 0 Å². The van der Waals surface area contributed by atoms with Gasteiger partial charge in [-0.1, -0.05) is 45.2 Å². The lowest BCUT2D eigenvalue weighted by atomic mass is 9.90. The minimum absolute atomic E-state index is 0.296. The predicted molar refractivity (Wildman–Crippen MR) is 92.0 cm³/mol. The Labute approximate surface area is 131 Å². The second-order valence-electron chi connectivity index (χ2n) is 6.14. The van der Waals surface area contributed by atoms with E-state index in [0.717, 1.165) is 25.2 Å². The van der Waals surface area contributed by atoms with Gasteiger partial charge in [-0.2, -0.15) is 0 Å². The molecule has 0 saturated heterocycles. The molecule has 0 spiro atoms. The normalized spacial score (nSPS) is 13.9. The summed E-state index contributed by atoms with van der Waals surface area (Å²) in [6.07, 6.45) is 8.43. The van der Waals surface area contributed by atoms with E-state index in [0.29, 0.717) is 12.0 Å². The summed E-state index contributed by atoms with van der Waals surface area (Å²) in [5.74, 6) is 1.62. The SMILES string of the molecule is CCCCCCOc1ccc(C(CC)CCC(C)N)cc1. The van der Waals surface area contributed by atoms with Crippen LogP contribution >= 0.6 is 0 Å². The summed E-state index contributed by atoms with van der Waals surface area (Å²) in [4.78, 5) is 0. The molecule has 120 valence electrons. The first-order valence-corrected chi connectivity index (χ1v) is 8.65. The fourth-order valence-electron chi connectivity index (χ4n) is 2.63. The Bertz CT molecular complexity index is 358. The third-order valence-corrected chi connectivity index (χ3v) is 4.08. The largest absolute Gasteiger partial charge is 0.494 e. The highest BCUT2D eigenvalue weighted by Gasteiger charge is 2.10. The molecule has 2 unspecified atom stereocenters. The Hall–Kier alpha value is -1.02. The van der Waals surface area contributed by atoms with Crippen LogP contribution in [0.1, 0.15) is 77.2 Å². The highest BCUT2D eigenvalue weighted by atomic mass is 16.5. The third kappa shape index (κ3) is 7.52. The van der Waals surface area contributed by atoms with Gasteiger partial charge in [-0.25, -0.2) is 0 Å². The van der Waals surface area contributed by atoms with E-state index in [1.807, 2.05) is 0 Å². The van der Waals surface area contributed by atoms with E-state index in [2.05, 4.69) is 45.0 Å². The van der Waals surface area contributed by atoms with Crippen molar-refractivity contribution in [1.29, 1.82) is 0 Å². The number of hydrogen-bond acceptors (Lipinski definition) is 2. The van der Waals surface area contributed by atoms with Crippen molar-refractivity contribution in [3.05, 3.63) is 29.8 Å². The molecule has 0 heterocycles. The number of rotatable bonds is 11. The van der Waals surface area contributed by atoms with Gasteiger partial charge in [0, 0.05) is 6.04 Å². The molecule has 0 aliphatic heterocycles. The van der Waals surface area contributed by atoms with E-state index >= 15 is 0 Å². The van der Waals surface area contributed by atoms with Gasteiger partial charge in [0.05, 0.1) is 6.61 Å². The van der Waals surface area contributed by atoms with Gasteiger partial charge < -0.3 is 10.5 Å². The van der Waals surface area contributed by atoms with Gasteiger partial charge in [-0.05, 0) is 56.2 Å². The van der Waals surface area contributed by atoms with Crippen LogP contribution in [0, 0.1) is 0 Å². The molecule has 0 aliphatic rings. The first-order chi connectivity index (χ1) is 10.2. The second-order valence-corrected chi connectivity index (χ2v) is 6.14. The van der Waals surface area contributed by atoms with Crippen molar-refractivity contribution in [2.45, 2.75) is 77.7 Å². The minimum Gasteiger partial charge on any atom is -0.494 e. The van der Waals surface area contributed by atoms with Gasteiger partial charge in [-0.15, -0.1) is 0 Å². The topological polar surface area (TPSA) is 35.2 Å². The third-order valence-electron chi connectivity index (χ3n) is 4.08. The number of ether oxygens (including phenoxy) is 1. The fraction of sp³-hybridized carbons (Fsp3) is 0.684. The monoisotopic (exact) mass is 291 g/mol. The van der Waals surface area contributed by atoms with Crippen LogP contribution in [0.15, 0.2) is 24.3 Å². The predicted octanol–water partition coefficient (Wildman–Crippen LogP) is 5.27. The molecule has 0 bridgehead atoms. The van der Waals surface area contributed by atoms with E-state index < -0.39 is 0 Å². The summed E-state index contributed by atoms with van der Waals surface area (Å²) >= 11 is 0. The Morgan fingerprint density at radius 1 is 1.00 bits per heavy atom. The van der Waals surface area contributed by atoms with Gasteiger partial charge in [0.1, 0.15) is 5.75 Å². The Morgan fingerprint density at radius 2 is 1.71 bits per heavy atom. The van der Waals surface area contributed by atoms with Crippen molar-refractivity contribution in [3.63, 3.8) is 0 Å². The summed E-state index contributed by atoms with van der Waals surface area (Å²) in [5, 5.41) is 0. The van der Waals surface area contributed by atoms with Crippen LogP contribution in [0.4, 0.5) is 0 Å². The first-order valence-electron chi connectivity index (χ1n) is 8.65. The summed E-state index contributed by atoms with van der Waals surface area (Å²) in [6, 6.07) is 8.96. The summed E-state index contributed by atoms with van der Waals surface area (Å²) in [5.41, 5.74) is 7.28. The summed E-state index contributed by atoms with van der Waals surface area (Å²) in [7, 11) is 0. The van der Waals surface area contributed by atoms with Crippen LogP contribution in [-0.2, 0) is 0 Å². The van der Waals surface area contributed by atoms with Gasteiger partial charge >= 0.3 is 0 Å². The zero-order valence-corrected chi connectivity index (χ0v) is 14.1. The van der Waals surface area contributed by atoms with E-state index in [-0.39, 0.29) is 0 Å². The fourth-order valence-corrected chi connectivity index (χ4v) is 2.63. The molecule has 0 saturated carbocycles. The molecule has 2 atom stereocenters. The van der Waals surface area contributed by atoms with Crippen molar-refractivity contribution in [3.8, 4) is 5.75 Å². The lowest BCUT2D eigenvalue weighted by Crippen LogP contribution is -2.15. The average Bonchev–Trinajstić information content (AvgIpc) is 2.49. The van der Waals surface area contributed by atoms with E-state index in [1.165, 1.54) is 37.7 Å². The quantitative estimate of drug-likeness (QED) is 0.564. The average molecular weight is 291 g/mol. The summed E-state index contributed by atoms with van der Waals surface area (Å²) in [6.45, 7) is 7.41. The van der Waals surface area contributed by atoms with Crippen molar-refractivity contribution in [2.24, 2.45) is 5.73 Å². The second kappa shape index (κ2) is 10.7. The summed E-state index contributed by atoms with van der Waals surface area (Å²) < 4.78 is 5.80. The lowest BCUT2D eigenvalue weighted by Gasteiger charge is -2.17. The first kappa shape index (κ1) is 18.0. The zero-order chi connectivity index (χ0) is 15.5. The van der Waals surface area contributed by atoms with Gasteiger partial charge in [0.15, 0.2) is 0 Å². The van der Waals surface area contributed by atoms with Crippen LogP contribution in [0.5, 0.6) is 5.75 Å². The van der Waals surface area contributed by atoms with Gasteiger partial charge in [0.25, 0.3) is 0 Å². The highest BCUT2D eigenvalue weighted by Crippen LogP contribution is 2.27. The van der Waals surface area contributed by atoms with Crippen LogP contribution in [0.25, 0.3) is 0 Å². The van der Waals surface area contributed by atoms with E-state index in [1.54, 1.807) is 0 Å². The molecule has 2 N–H and O–H groups in total.